The molecule has 2 heterocycles. The highest BCUT2D eigenvalue weighted by atomic mass is 32.1. The van der Waals surface area contributed by atoms with Crippen LogP contribution in [0.15, 0.2) is 47.8 Å². The fraction of sp³-hybridized carbons (Fsp3) is 0.0667. The predicted molar refractivity (Wildman–Crippen MR) is 75.9 cm³/mol. The van der Waals surface area contributed by atoms with Crippen molar-refractivity contribution in [2.45, 2.75) is 6.92 Å². The Morgan fingerprint density at radius 1 is 1.25 bits per heavy atom. The van der Waals surface area contributed by atoms with Gasteiger partial charge in [-0.05, 0) is 42.1 Å². The minimum atomic E-state index is -1.23. The molecule has 100 valence electrons. The Hall–Kier alpha value is -2.40. The third-order valence-corrected chi connectivity index (χ3v) is 3.83. The molecule has 0 fully saturated rings. The number of hydrogen-bond acceptors (Lipinski definition) is 4. The normalized spacial score (nSPS) is 10.7. The summed E-state index contributed by atoms with van der Waals surface area (Å²) in [5, 5.41) is 17.6. The molecule has 2 aromatic heterocycles. The summed E-state index contributed by atoms with van der Waals surface area (Å²) in [6, 6.07) is 12.9. The van der Waals surface area contributed by atoms with E-state index in [0.29, 0.717) is 11.4 Å². The van der Waals surface area contributed by atoms with Crippen molar-refractivity contribution < 1.29 is 9.90 Å². The zero-order valence-electron chi connectivity index (χ0n) is 10.7. The van der Waals surface area contributed by atoms with Crippen molar-refractivity contribution in [2.75, 3.05) is 0 Å². The fourth-order valence-corrected chi connectivity index (χ4v) is 2.71. The second-order valence-electron chi connectivity index (χ2n) is 4.43. The lowest BCUT2D eigenvalue weighted by molar-refractivity contribution is -0.255. The number of carboxylic acids is 1. The van der Waals surface area contributed by atoms with Crippen LogP contribution in [0.3, 0.4) is 0 Å². The molecular formula is C15H11N2O2S-. The summed E-state index contributed by atoms with van der Waals surface area (Å²) in [4.78, 5) is 12.2. The van der Waals surface area contributed by atoms with E-state index in [1.807, 2.05) is 48.7 Å². The van der Waals surface area contributed by atoms with Gasteiger partial charge in [0.05, 0.1) is 22.2 Å². The van der Waals surface area contributed by atoms with E-state index < -0.39 is 5.97 Å². The molecule has 0 saturated carbocycles. The zero-order chi connectivity index (χ0) is 14.1. The number of nitrogens with zero attached hydrogens (tertiary/aromatic N) is 2. The molecule has 20 heavy (non-hydrogen) atoms. The Morgan fingerprint density at radius 3 is 2.75 bits per heavy atom. The molecule has 0 atom stereocenters. The van der Waals surface area contributed by atoms with Gasteiger partial charge in [0, 0.05) is 0 Å². The number of carboxylic acid groups (broad SMARTS) is 1. The molecule has 4 nitrogen and oxygen atoms in total. The third-order valence-electron chi connectivity index (χ3n) is 2.94. The molecule has 0 spiro atoms. The number of rotatable bonds is 3. The maximum atomic E-state index is 11.3. The Labute approximate surface area is 119 Å². The van der Waals surface area contributed by atoms with Crippen LogP contribution < -0.4 is 5.11 Å². The summed E-state index contributed by atoms with van der Waals surface area (Å²) in [5.74, 6) is -1.23. The summed E-state index contributed by atoms with van der Waals surface area (Å²) in [5.41, 5.74) is 2.45. The van der Waals surface area contributed by atoms with Gasteiger partial charge in [-0.15, -0.1) is 11.3 Å². The van der Waals surface area contributed by atoms with E-state index in [9.17, 15) is 9.90 Å². The quantitative estimate of drug-likeness (QED) is 0.741. The predicted octanol–water partition coefficient (Wildman–Crippen LogP) is 2.27. The van der Waals surface area contributed by atoms with E-state index in [-0.39, 0.29) is 5.69 Å². The van der Waals surface area contributed by atoms with Crippen LogP contribution in [0.5, 0.6) is 0 Å². The van der Waals surface area contributed by atoms with E-state index in [2.05, 4.69) is 5.10 Å². The smallest absolute Gasteiger partial charge is 0.103 e. The molecule has 0 amide bonds. The Morgan fingerprint density at radius 2 is 2.10 bits per heavy atom. The first kappa shape index (κ1) is 12.6. The molecular weight excluding hydrogens is 272 g/mol. The van der Waals surface area contributed by atoms with Gasteiger partial charge in [-0.1, -0.05) is 18.2 Å². The number of aromatic nitrogens is 2. The lowest BCUT2D eigenvalue weighted by atomic mass is 10.2. The lowest BCUT2D eigenvalue weighted by Crippen LogP contribution is -2.25. The molecule has 0 unspecified atom stereocenters. The van der Waals surface area contributed by atoms with Gasteiger partial charge in [-0.3, -0.25) is 0 Å². The highest BCUT2D eigenvalue weighted by molar-refractivity contribution is 7.13. The van der Waals surface area contributed by atoms with Gasteiger partial charge in [0.1, 0.15) is 5.69 Å². The first-order valence-corrected chi connectivity index (χ1v) is 6.95. The summed E-state index contributed by atoms with van der Waals surface area (Å²) < 4.78 is 1.41. The molecule has 0 aliphatic carbocycles. The van der Waals surface area contributed by atoms with E-state index in [4.69, 9.17) is 0 Å². The average Bonchev–Trinajstić information content (AvgIpc) is 3.08. The van der Waals surface area contributed by atoms with Crippen LogP contribution in [0.1, 0.15) is 16.1 Å². The molecule has 0 bridgehead atoms. The summed E-state index contributed by atoms with van der Waals surface area (Å²) in [6.07, 6.45) is 0. The van der Waals surface area contributed by atoms with Crippen molar-refractivity contribution in [3.8, 4) is 16.3 Å². The van der Waals surface area contributed by atoms with Crippen LogP contribution in [0.2, 0.25) is 0 Å². The van der Waals surface area contributed by atoms with E-state index in [1.54, 1.807) is 6.07 Å². The lowest BCUT2D eigenvalue weighted by Gasteiger charge is -2.08. The molecule has 3 aromatic rings. The Bertz CT molecular complexity index is 760. The number of carbonyl (C=O) groups excluding carboxylic acids is 1. The number of carbonyl (C=O) groups is 1. The first-order chi connectivity index (χ1) is 9.65. The minimum Gasteiger partial charge on any atom is -0.543 e. The molecule has 0 aliphatic rings. The van der Waals surface area contributed by atoms with Gasteiger partial charge >= 0.3 is 0 Å². The van der Waals surface area contributed by atoms with Crippen LogP contribution in [0.25, 0.3) is 16.3 Å². The largest absolute Gasteiger partial charge is 0.543 e. The van der Waals surface area contributed by atoms with Gasteiger partial charge in [-0.25, -0.2) is 4.68 Å². The van der Waals surface area contributed by atoms with Gasteiger partial charge in [0.25, 0.3) is 0 Å². The first-order valence-electron chi connectivity index (χ1n) is 6.07. The van der Waals surface area contributed by atoms with Crippen molar-refractivity contribution in [1.29, 1.82) is 0 Å². The Kier molecular flexibility index (Phi) is 3.12. The van der Waals surface area contributed by atoms with Gasteiger partial charge < -0.3 is 9.90 Å². The molecule has 0 radical (unpaired) electrons. The van der Waals surface area contributed by atoms with Gasteiger partial charge in [0.15, 0.2) is 0 Å². The molecule has 3 rings (SSSR count). The van der Waals surface area contributed by atoms with Crippen molar-refractivity contribution >= 4 is 17.3 Å². The molecule has 0 saturated heterocycles. The number of aromatic carboxylic acids is 1. The van der Waals surface area contributed by atoms with Crippen LogP contribution >= 0.6 is 11.3 Å². The highest BCUT2D eigenvalue weighted by Crippen LogP contribution is 2.25. The second-order valence-corrected chi connectivity index (χ2v) is 5.38. The summed E-state index contributed by atoms with van der Waals surface area (Å²) in [6.45, 7) is 1.95. The molecule has 0 N–H and O–H groups in total. The fourth-order valence-electron chi connectivity index (χ4n) is 2.03. The maximum absolute atomic E-state index is 11.3. The van der Waals surface area contributed by atoms with Crippen molar-refractivity contribution in [3.63, 3.8) is 0 Å². The second kappa shape index (κ2) is 4.94. The highest BCUT2D eigenvalue weighted by Gasteiger charge is 2.12. The minimum absolute atomic E-state index is 0.0546. The van der Waals surface area contributed by atoms with Gasteiger partial charge in [-0.2, -0.15) is 5.10 Å². The summed E-state index contributed by atoms with van der Waals surface area (Å²) in [7, 11) is 0. The van der Waals surface area contributed by atoms with E-state index in [1.165, 1.54) is 16.0 Å². The number of thiophene rings is 1. The van der Waals surface area contributed by atoms with Crippen LogP contribution in [0, 0.1) is 6.92 Å². The Balaban J connectivity index is 2.17. The van der Waals surface area contributed by atoms with Crippen molar-refractivity contribution in [1.82, 2.24) is 9.78 Å². The van der Waals surface area contributed by atoms with Crippen molar-refractivity contribution in [3.05, 3.63) is 59.1 Å². The summed E-state index contributed by atoms with van der Waals surface area (Å²) >= 11 is 1.52. The van der Waals surface area contributed by atoms with Gasteiger partial charge in [0.2, 0.25) is 0 Å². The SMILES string of the molecule is Cc1cccc(-n2nc(-c3cccs3)cc2C(=O)[O-])c1. The number of hydrogen-bond donors (Lipinski definition) is 0. The van der Waals surface area contributed by atoms with Crippen molar-refractivity contribution in [2.24, 2.45) is 0 Å². The maximum Gasteiger partial charge on any atom is 0.103 e. The number of aryl methyl sites for hydroxylation is 1. The van der Waals surface area contributed by atoms with Crippen LogP contribution in [0.4, 0.5) is 0 Å². The molecule has 1 aromatic carbocycles. The average molecular weight is 283 g/mol. The zero-order valence-corrected chi connectivity index (χ0v) is 11.6. The van der Waals surface area contributed by atoms with Crippen LogP contribution in [-0.4, -0.2) is 15.7 Å². The monoisotopic (exact) mass is 283 g/mol. The van der Waals surface area contributed by atoms with Crippen LogP contribution in [-0.2, 0) is 0 Å². The topological polar surface area (TPSA) is 58.0 Å². The van der Waals surface area contributed by atoms with E-state index >= 15 is 0 Å². The molecule has 5 heteroatoms. The third kappa shape index (κ3) is 2.23. The molecule has 0 aliphatic heterocycles. The number of benzene rings is 1. The standard InChI is InChI=1S/C15H12N2O2S/c1-10-4-2-5-11(8-10)17-13(15(18)19)9-12(16-17)14-6-3-7-20-14/h2-9H,1H3,(H,18,19)/p-1. The van der Waals surface area contributed by atoms with E-state index in [0.717, 1.165) is 10.4 Å².